The first-order valence-electron chi connectivity index (χ1n) is 6.57. The Labute approximate surface area is 106 Å². The van der Waals surface area contributed by atoms with E-state index in [0.717, 1.165) is 31.2 Å². The molecule has 0 radical (unpaired) electrons. The average Bonchev–Trinajstić information content (AvgIpc) is 2.30. The first-order chi connectivity index (χ1) is 8.14. The zero-order chi connectivity index (χ0) is 13.1. The summed E-state index contributed by atoms with van der Waals surface area (Å²) in [6.45, 7) is 9.47. The summed E-state index contributed by atoms with van der Waals surface area (Å²) in [5.41, 5.74) is 0. The molecule has 0 saturated heterocycles. The fourth-order valence-corrected chi connectivity index (χ4v) is 5.46. The lowest BCUT2D eigenvalue weighted by molar-refractivity contribution is -0.137. The summed E-state index contributed by atoms with van der Waals surface area (Å²) in [4.78, 5) is 11.2. The number of hydrogen-bond acceptors (Lipinski definition) is 3. The third kappa shape index (κ3) is 6.63. The van der Waals surface area contributed by atoms with Crippen LogP contribution in [0.1, 0.15) is 34.1 Å². The van der Waals surface area contributed by atoms with Crippen LogP contribution in [-0.4, -0.2) is 27.5 Å². The fourth-order valence-electron chi connectivity index (χ4n) is 2.01. The summed E-state index contributed by atoms with van der Waals surface area (Å²) in [5.74, 6) is -0.250. The molecule has 1 unspecified atom stereocenters. The molecule has 100 valence electrons. The molecular formula is C13H26O3Si. The third-order valence-electron chi connectivity index (χ3n) is 2.91. The van der Waals surface area contributed by atoms with E-state index in [-0.39, 0.29) is 5.97 Å². The second-order valence-electron chi connectivity index (χ2n) is 4.14. The van der Waals surface area contributed by atoms with Crippen molar-refractivity contribution in [1.82, 2.24) is 0 Å². The maximum atomic E-state index is 11.2. The van der Waals surface area contributed by atoms with Gasteiger partial charge < -0.3 is 9.16 Å². The molecule has 4 heteroatoms. The summed E-state index contributed by atoms with van der Waals surface area (Å²) >= 11 is 0. The van der Waals surface area contributed by atoms with Crippen molar-refractivity contribution >= 4 is 14.3 Å². The fraction of sp³-hybridized carbons (Fsp3) is 0.769. The van der Waals surface area contributed by atoms with Gasteiger partial charge in [0, 0.05) is 18.7 Å². The average molecular weight is 258 g/mol. The molecule has 0 fully saturated rings. The van der Waals surface area contributed by atoms with Gasteiger partial charge >= 0.3 is 5.97 Å². The van der Waals surface area contributed by atoms with Crippen LogP contribution in [-0.2, 0) is 14.0 Å². The van der Waals surface area contributed by atoms with E-state index in [0.29, 0.717) is 6.61 Å². The molecule has 0 saturated carbocycles. The molecule has 17 heavy (non-hydrogen) atoms. The highest BCUT2D eigenvalue weighted by Crippen LogP contribution is 2.24. The van der Waals surface area contributed by atoms with E-state index in [1.54, 1.807) is 6.08 Å². The van der Waals surface area contributed by atoms with Crippen molar-refractivity contribution < 1.29 is 14.0 Å². The number of allylic oxidation sites excluding steroid dienone is 1. The minimum atomic E-state index is -1.66. The monoisotopic (exact) mass is 258 g/mol. The van der Waals surface area contributed by atoms with Gasteiger partial charge in [0.15, 0.2) is 8.32 Å². The van der Waals surface area contributed by atoms with Gasteiger partial charge in [0.05, 0.1) is 6.61 Å². The topological polar surface area (TPSA) is 35.5 Å². The highest BCUT2D eigenvalue weighted by molar-refractivity contribution is 6.73. The summed E-state index contributed by atoms with van der Waals surface area (Å²) in [6, 6.07) is 3.16. The normalized spacial score (nSPS) is 14.8. The lowest BCUT2D eigenvalue weighted by atomic mass is 10.5. The van der Waals surface area contributed by atoms with Gasteiger partial charge in [-0.05, 0) is 25.9 Å². The van der Waals surface area contributed by atoms with E-state index in [4.69, 9.17) is 9.16 Å². The second-order valence-corrected chi connectivity index (χ2v) is 8.50. The van der Waals surface area contributed by atoms with Crippen molar-refractivity contribution in [2.45, 2.75) is 52.2 Å². The van der Waals surface area contributed by atoms with Crippen molar-refractivity contribution in [2.75, 3.05) is 13.2 Å². The van der Waals surface area contributed by atoms with E-state index >= 15 is 0 Å². The highest BCUT2D eigenvalue weighted by Gasteiger charge is 2.31. The molecule has 0 aliphatic rings. The van der Waals surface area contributed by atoms with Crippen molar-refractivity contribution in [3.63, 3.8) is 0 Å². The molecule has 0 rings (SSSR count). The highest BCUT2D eigenvalue weighted by atomic mass is 28.4. The molecule has 0 aliphatic carbocycles. The Bertz CT molecular complexity index is 233. The molecule has 3 nitrogen and oxygen atoms in total. The summed E-state index contributed by atoms with van der Waals surface area (Å²) in [5, 5.41) is 0. The molecule has 0 amide bonds. The summed E-state index contributed by atoms with van der Waals surface area (Å²) < 4.78 is 11.2. The predicted octanol–water partition coefficient (Wildman–Crippen LogP) is 3.52. The Hall–Kier alpha value is -0.613. The van der Waals surface area contributed by atoms with Crippen LogP contribution in [0.5, 0.6) is 0 Å². The zero-order valence-electron chi connectivity index (χ0n) is 11.6. The van der Waals surface area contributed by atoms with Gasteiger partial charge in [-0.1, -0.05) is 26.3 Å². The van der Waals surface area contributed by atoms with Gasteiger partial charge in [-0.3, -0.25) is 0 Å². The Kier molecular flexibility index (Phi) is 9.08. The van der Waals surface area contributed by atoms with Crippen LogP contribution in [0.3, 0.4) is 0 Å². The number of carbonyl (C=O) groups is 1. The number of rotatable bonds is 9. The molecule has 0 N–H and O–H groups in total. The molecule has 1 atom stereocenters. The largest absolute Gasteiger partial charge is 0.463 e. The second kappa shape index (κ2) is 9.42. The first kappa shape index (κ1) is 16.4. The number of carbonyl (C=O) groups excluding carboxylic acids is 1. The van der Waals surface area contributed by atoms with Crippen LogP contribution in [0, 0.1) is 0 Å². The molecule has 0 bridgehead atoms. The van der Waals surface area contributed by atoms with Crippen molar-refractivity contribution in [1.29, 1.82) is 0 Å². The van der Waals surface area contributed by atoms with Gasteiger partial charge in [-0.25, -0.2) is 4.79 Å². The minimum absolute atomic E-state index is 0.250. The first-order valence-corrected chi connectivity index (χ1v) is 9.10. The molecular weight excluding hydrogens is 232 g/mol. The number of esters is 1. The molecule has 0 heterocycles. The van der Waals surface area contributed by atoms with Gasteiger partial charge in [0.1, 0.15) is 0 Å². The maximum Gasteiger partial charge on any atom is 0.330 e. The van der Waals surface area contributed by atoms with Crippen LogP contribution in [0.2, 0.25) is 18.1 Å². The van der Waals surface area contributed by atoms with Gasteiger partial charge in [-0.15, -0.1) is 0 Å². The number of hydrogen-bond donors (Lipinski definition) is 0. The van der Waals surface area contributed by atoms with Crippen molar-refractivity contribution in [3.8, 4) is 0 Å². The molecule has 0 aromatic carbocycles. The van der Waals surface area contributed by atoms with Crippen LogP contribution in [0.25, 0.3) is 0 Å². The van der Waals surface area contributed by atoms with Gasteiger partial charge in [0.25, 0.3) is 0 Å². The summed E-state index contributed by atoms with van der Waals surface area (Å²) in [7, 11) is -1.66. The van der Waals surface area contributed by atoms with E-state index in [2.05, 4.69) is 13.8 Å². The number of ether oxygens (including phenoxy) is 1. The van der Waals surface area contributed by atoms with E-state index in [1.165, 1.54) is 6.08 Å². The van der Waals surface area contributed by atoms with E-state index in [9.17, 15) is 4.79 Å². The Morgan fingerprint density at radius 1 is 1.24 bits per heavy atom. The smallest absolute Gasteiger partial charge is 0.330 e. The van der Waals surface area contributed by atoms with Gasteiger partial charge in [0.2, 0.25) is 0 Å². The summed E-state index contributed by atoms with van der Waals surface area (Å²) in [6.07, 6.45) is 4.29. The quantitative estimate of drug-likeness (QED) is 0.360. The lowest BCUT2D eigenvalue weighted by Crippen LogP contribution is -2.38. The zero-order valence-corrected chi connectivity index (χ0v) is 12.6. The molecule has 0 aromatic heterocycles. The van der Waals surface area contributed by atoms with Crippen LogP contribution in [0.4, 0.5) is 0 Å². The standard InChI is InChI=1S/C13H26O3Si/c1-5-9-13(14)15-10-12-17(8-4,11-6-2)16-7-3/h5,9H,6-8,10-12H2,1-4H3. The van der Waals surface area contributed by atoms with Crippen LogP contribution in [0.15, 0.2) is 12.2 Å². The molecule has 0 aliphatic heterocycles. The Morgan fingerprint density at radius 3 is 2.41 bits per heavy atom. The van der Waals surface area contributed by atoms with E-state index < -0.39 is 8.32 Å². The van der Waals surface area contributed by atoms with Crippen LogP contribution >= 0.6 is 0 Å². The van der Waals surface area contributed by atoms with Crippen molar-refractivity contribution in [3.05, 3.63) is 12.2 Å². The molecule has 0 aromatic rings. The Balaban J connectivity index is 4.19. The Morgan fingerprint density at radius 2 is 1.94 bits per heavy atom. The lowest BCUT2D eigenvalue weighted by Gasteiger charge is -2.29. The minimum Gasteiger partial charge on any atom is -0.463 e. The predicted molar refractivity (Wildman–Crippen MR) is 73.5 cm³/mol. The van der Waals surface area contributed by atoms with Gasteiger partial charge in [-0.2, -0.15) is 0 Å². The molecule has 0 spiro atoms. The van der Waals surface area contributed by atoms with Crippen LogP contribution < -0.4 is 0 Å². The third-order valence-corrected chi connectivity index (χ3v) is 7.62. The maximum absolute atomic E-state index is 11.2. The SMILES string of the molecule is CC=CC(=O)OCC[Si](CC)(CCC)OCC. The van der Waals surface area contributed by atoms with E-state index in [1.807, 2.05) is 13.8 Å². The van der Waals surface area contributed by atoms with Crippen molar-refractivity contribution in [2.24, 2.45) is 0 Å².